The van der Waals surface area contributed by atoms with E-state index in [-0.39, 0.29) is 11.3 Å². The third-order valence-electron chi connectivity index (χ3n) is 2.44. The van der Waals surface area contributed by atoms with Gasteiger partial charge in [0.1, 0.15) is 11.4 Å². The first-order valence-corrected chi connectivity index (χ1v) is 5.89. The van der Waals surface area contributed by atoms with Crippen LogP contribution in [0.3, 0.4) is 0 Å². The van der Waals surface area contributed by atoms with Crippen LogP contribution in [0.5, 0.6) is 0 Å². The molecule has 0 radical (unpaired) electrons. The molecule has 0 saturated carbocycles. The molecule has 0 aliphatic carbocycles. The highest BCUT2D eigenvalue weighted by atomic mass is 79.9. The molecule has 0 aliphatic rings. The quantitative estimate of drug-likeness (QED) is 0.891. The standard InChI is InChI=1S/C12H9BrN2O3/c1-6-9(12(17)18)11(16)15-10(14-6)7-4-2-3-5-8(7)13/h2-5H,1H3,(H,17,18)(H,14,15,16). The number of H-pyrrole nitrogens is 1. The van der Waals surface area contributed by atoms with E-state index in [9.17, 15) is 9.59 Å². The number of aryl methyl sites for hydroxylation is 1. The molecule has 0 aliphatic heterocycles. The smallest absolute Gasteiger partial charge is 0.343 e. The Balaban J connectivity index is 2.67. The number of nitrogens with one attached hydrogen (secondary N) is 1. The first-order valence-electron chi connectivity index (χ1n) is 5.10. The Hall–Kier alpha value is -1.95. The van der Waals surface area contributed by atoms with Gasteiger partial charge in [-0.05, 0) is 13.0 Å². The molecule has 0 atom stereocenters. The van der Waals surface area contributed by atoms with E-state index in [0.29, 0.717) is 11.4 Å². The van der Waals surface area contributed by atoms with Gasteiger partial charge in [-0.15, -0.1) is 0 Å². The summed E-state index contributed by atoms with van der Waals surface area (Å²) in [5, 5.41) is 8.89. The van der Waals surface area contributed by atoms with Gasteiger partial charge in [0.2, 0.25) is 0 Å². The zero-order valence-corrected chi connectivity index (χ0v) is 11.0. The van der Waals surface area contributed by atoms with Crippen LogP contribution in [0.15, 0.2) is 33.5 Å². The number of aromatic amines is 1. The van der Waals surface area contributed by atoms with Crippen LogP contribution in [0.1, 0.15) is 16.1 Å². The van der Waals surface area contributed by atoms with Crippen LogP contribution in [-0.4, -0.2) is 21.0 Å². The van der Waals surface area contributed by atoms with Gasteiger partial charge in [-0.25, -0.2) is 9.78 Å². The van der Waals surface area contributed by atoms with Gasteiger partial charge in [-0.3, -0.25) is 4.79 Å². The summed E-state index contributed by atoms with van der Waals surface area (Å²) in [7, 11) is 0. The summed E-state index contributed by atoms with van der Waals surface area (Å²) in [5.41, 5.74) is -0.0850. The Labute approximate surface area is 111 Å². The number of aromatic carboxylic acids is 1. The van der Waals surface area contributed by atoms with Crippen LogP contribution in [0.25, 0.3) is 11.4 Å². The van der Waals surface area contributed by atoms with Crippen molar-refractivity contribution in [1.29, 1.82) is 0 Å². The van der Waals surface area contributed by atoms with Crippen LogP contribution in [0, 0.1) is 6.92 Å². The second kappa shape index (κ2) is 4.73. The number of carboxylic acids is 1. The Morgan fingerprint density at radius 3 is 2.61 bits per heavy atom. The van der Waals surface area contributed by atoms with Crippen molar-refractivity contribution in [3.63, 3.8) is 0 Å². The van der Waals surface area contributed by atoms with Crippen molar-refractivity contribution in [2.45, 2.75) is 6.92 Å². The van der Waals surface area contributed by atoms with Crippen molar-refractivity contribution in [3.8, 4) is 11.4 Å². The molecule has 1 heterocycles. The molecule has 6 heteroatoms. The highest BCUT2D eigenvalue weighted by molar-refractivity contribution is 9.10. The van der Waals surface area contributed by atoms with E-state index < -0.39 is 11.5 Å². The van der Waals surface area contributed by atoms with Crippen molar-refractivity contribution in [2.75, 3.05) is 0 Å². The van der Waals surface area contributed by atoms with Gasteiger partial charge in [0, 0.05) is 10.0 Å². The van der Waals surface area contributed by atoms with Crippen molar-refractivity contribution >= 4 is 21.9 Å². The van der Waals surface area contributed by atoms with Crippen molar-refractivity contribution in [3.05, 3.63) is 50.3 Å². The van der Waals surface area contributed by atoms with E-state index in [2.05, 4.69) is 25.9 Å². The topological polar surface area (TPSA) is 83.0 Å². The molecule has 1 aromatic carbocycles. The Bertz CT molecular complexity index is 679. The van der Waals surface area contributed by atoms with Crippen LogP contribution in [0.4, 0.5) is 0 Å². The van der Waals surface area contributed by atoms with Gasteiger partial charge >= 0.3 is 5.97 Å². The number of aromatic nitrogens is 2. The molecule has 2 rings (SSSR count). The molecule has 0 saturated heterocycles. The molecule has 0 amide bonds. The van der Waals surface area contributed by atoms with Gasteiger partial charge < -0.3 is 10.1 Å². The lowest BCUT2D eigenvalue weighted by Gasteiger charge is -2.06. The Morgan fingerprint density at radius 2 is 2.06 bits per heavy atom. The average Bonchev–Trinajstić information content (AvgIpc) is 2.27. The largest absolute Gasteiger partial charge is 0.477 e. The summed E-state index contributed by atoms with van der Waals surface area (Å²) in [5.74, 6) is -0.935. The Kier molecular flexibility index (Phi) is 3.29. The van der Waals surface area contributed by atoms with Crippen LogP contribution >= 0.6 is 15.9 Å². The number of rotatable bonds is 2. The molecule has 0 spiro atoms. The lowest BCUT2D eigenvalue weighted by atomic mass is 10.2. The van der Waals surface area contributed by atoms with E-state index in [1.54, 1.807) is 12.1 Å². The number of nitrogens with zero attached hydrogens (tertiary/aromatic N) is 1. The molecular weight excluding hydrogens is 300 g/mol. The number of carboxylic acid groups (broad SMARTS) is 1. The molecule has 5 nitrogen and oxygen atoms in total. The zero-order chi connectivity index (χ0) is 13.3. The van der Waals surface area contributed by atoms with Gasteiger partial charge in [0.25, 0.3) is 5.56 Å². The van der Waals surface area contributed by atoms with E-state index in [1.165, 1.54) is 6.92 Å². The van der Waals surface area contributed by atoms with Crippen LogP contribution in [-0.2, 0) is 0 Å². The van der Waals surface area contributed by atoms with Gasteiger partial charge in [-0.2, -0.15) is 0 Å². The Morgan fingerprint density at radius 1 is 1.39 bits per heavy atom. The van der Waals surface area contributed by atoms with E-state index in [4.69, 9.17) is 5.11 Å². The molecule has 0 unspecified atom stereocenters. The van der Waals surface area contributed by atoms with E-state index in [0.717, 1.165) is 4.47 Å². The summed E-state index contributed by atoms with van der Waals surface area (Å²) in [6, 6.07) is 7.24. The van der Waals surface area contributed by atoms with Gasteiger partial charge in [-0.1, -0.05) is 34.1 Å². The van der Waals surface area contributed by atoms with Crippen LogP contribution in [0.2, 0.25) is 0 Å². The van der Waals surface area contributed by atoms with Gasteiger partial charge in [0.05, 0.1) is 5.69 Å². The third-order valence-corrected chi connectivity index (χ3v) is 3.13. The molecule has 0 bridgehead atoms. The monoisotopic (exact) mass is 308 g/mol. The summed E-state index contributed by atoms with van der Waals surface area (Å²) in [6.45, 7) is 1.50. The second-order valence-electron chi connectivity index (χ2n) is 3.66. The predicted molar refractivity (Wildman–Crippen MR) is 69.7 cm³/mol. The van der Waals surface area contributed by atoms with Crippen molar-refractivity contribution in [2.24, 2.45) is 0 Å². The highest BCUT2D eigenvalue weighted by Gasteiger charge is 2.16. The summed E-state index contributed by atoms with van der Waals surface area (Å²) in [6.07, 6.45) is 0. The predicted octanol–water partition coefficient (Wildman–Crippen LogP) is 2.21. The minimum absolute atomic E-state index is 0.192. The first kappa shape index (κ1) is 12.5. The lowest BCUT2D eigenvalue weighted by molar-refractivity contribution is 0.0693. The average molecular weight is 309 g/mol. The molecular formula is C12H9BrN2O3. The fourth-order valence-electron chi connectivity index (χ4n) is 1.62. The minimum Gasteiger partial charge on any atom is -0.477 e. The summed E-state index contributed by atoms with van der Waals surface area (Å²) in [4.78, 5) is 29.2. The highest BCUT2D eigenvalue weighted by Crippen LogP contribution is 2.24. The number of hydrogen-bond acceptors (Lipinski definition) is 3. The molecule has 2 aromatic rings. The fraction of sp³-hybridized carbons (Fsp3) is 0.0833. The number of halogens is 1. The third kappa shape index (κ3) is 2.19. The normalized spacial score (nSPS) is 10.3. The second-order valence-corrected chi connectivity index (χ2v) is 4.51. The maximum atomic E-state index is 11.7. The minimum atomic E-state index is -1.28. The van der Waals surface area contributed by atoms with E-state index in [1.807, 2.05) is 12.1 Å². The first-order chi connectivity index (χ1) is 8.50. The van der Waals surface area contributed by atoms with Crippen molar-refractivity contribution < 1.29 is 9.90 Å². The molecule has 18 heavy (non-hydrogen) atoms. The van der Waals surface area contributed by atoms with Crippen LogP contribution < -0.4 is 5.56 Å². The molecule has 92 valence electrons. The number of benzene rings is 1. The molecule has 1 aromatic heterocycles. The van der Waals surface area contributed by atoms with Crippen molar-refractivity contribution in [1.82, 2.24) is 9.97 Å². The maximum absolute atomic E-state index is 11.7. The summed E-state index contributed by atoms with van der Waals surface area (Å²) >= 11 is 3.35. The SMILES string of the molecule is Cc1nc(-c2ccccc2Br)[nH]c(=O)c1C(=O)O. The fourth-order valence-corrected chi connectivity index (χ4v) is 2.09. The number of hydrogen-bond donors (Lipinski definition) is 2. The number of carbonyl (C=O) groups is 1. The molecule has 2 N–H and O–H groups in total. The van der Waals surface area contributed by atoms with E-state index >= 15 is 0 Å². The summed E-state index contributed by atoms with van der Waals surface area (Å²) < 4.78 is 0.774. The maximum Gasteiger partial charge on any atom is 0.343 e. The molecule has 0 fully saturated rings. The lowest BCUT2D eigenvalue weighted by Crippen LogP contribution is -2.21. The zero-order valence-electron chi connectivity index (χ0n) is 9.40. The van der Waals surface area contributed by atoms with Gasteiger partial charge in [0.15, 0.2) is 0 Å².